The Morgan fingerprint density at radius 1 is 1.30 bits per heavy atom. The number of fused-ring (bicyclic) bond motifs is 3. The molecule has 0 spiro atoms. The van der Waals surface area contributed by atoms with E-state index in [0.29, 0.717) is 36.3 Å². The van der Waals surface area contributed by atoms with Gasteiger partial charge in [-0.2, -0.15) is 5.10 Å². The average molecular weight is 449 g/mol. The van der Waals surface area contributed by atoms with Gasteiger partial charge in [-0.25, -0.2) is 18.3 Å². The third-order valence-electron chi connectivity index (χ3n) is 4.90. The quantitative estimate of drug-likeness (QED) is 0.290. The molecule has 0 saturated heterocycles. The van der Waals surface area contributed by atoms with Gasteiger partial charge in [0.25, 0.3) is 0 Å². The fraction of sp³-hybridized carbons (Fsp3) is 0.200. The Morgan fingerprint density at radius 3 is 2.90 bits per heavy atom. The van der Waals surface area contributed by atoms with Gasteiger partial charge < -0.3 is 4.74 Å². The lowest BCUT2D eigenvalue weighted by molar-refractivity contribution is 0.417. The molecule has 30 heavy (non-hydrogen) atoms. The maximum atomic E-state index is 14.9. The summed E-state index contributed by atoms with van der Waals surface area (Å²) in [5.74, 6) is 0.0137. The highest BCUT2D eigenvalue weighted by Crippen LogP contribution is 2.41. The maximum absolute atomic E-state index is 14.9. The minimum atomic E-state index is -2.06. The average Bonchev–Trinajstić information content (AvgIpc) is 3.21. The lowest BCUT2D eigenvalue weighted by Crippen LogP contribution is -2.17. The van der Waals surface area contributed by atoms with Crippen LogP contribution in [-0.2, 0) is 17.7 Å². The summed E-state index contributed by atoms with van der Waals surface area (Å²) in [6.07, 6.45) is 4.46. The normalized spacial score (nSPS) is 12.5. The predicted molar refractivity (Wildman–Crippen MR) is 115 cm³/mol. The van der Waals surface area contributed by atoms with E-state index in [1.165, 1.54) is 13.2 Å². The van der Waals surface area contributed by atoms with Crippen molar-refractivity contribution in [1.82, 2.24) is 19.9 Å². The molecule has 0 bridgehead atoms. The zero-order chi connectivity index (χ0) is 21.3. The molecule has 0 aliphatic rings. The molecule has 10 heteroatoms. The fourth-order valence-corrected chi connectivity index (χ4v) is 4.15. The third-order valence-corrected chi connectivity index (χ3v) is 5.79. The van der Waals surface area contributed by atoms with Crippen LogP contribution in [0.5, 0.6) is 5.75 Å². The van der Waals surface area contributed by atoms with Crippen LogP contribution in [0.25, 0.3) is 32.9 Å². The fourth-order valence-electron chi connectivity index (χ4n) is 3.48. The highest BCUT2D eigenvalue weighted by atomic mass is 35.5. The Balaban J connectivity index is 1.79. The Morgan fingerprint density at radius 2 is 2.13 bits per heavy atom. The van der Waals surface area contributed by atoms with Crippen molar-refractivity contribution >= 4 is 44.7 Å². The van der Waals surface area contributed by atoms with Gasteiger partial charge in [0, 0.05) is 34.6 Å². The smallest absolute Gasteiger partial charge is 0.231 e. The summed E-state index contributed by atoms with van der Waals surface area (Å²) in [6, 6.07) is 6.63. The molecular weight excluding hydrogens is 431 g/mol. The van der Waals surface area contributed by atoms with E-state index in [1.807, 2.05) is 6.07 Å². The van der Waals surface area contributed by atoms with Crippen LogP contribution < -0.4 is 9.46 Å². The number of nitrogens with one attached hydrogen (secondary N) is 2. The number of methoxy groups -OCH3 is 1. The van der Waals surface area contributed by atoms with Crippen molar-refractivity contribution in [1.29, 1.82) is 0 Å². The lowest BCUT2D eigenvalue weighted by Gasteiger charge is -2.15. The number of pyridine rings is 1. The Bertz CT molecular complexity index is 1260. The molecule has 0 saturated carbocycles. The van der Waals surface area contributed by atoms with Crippen LogP contribution in [0.2, 0.25) is 5.02 Å². The molecule has 1 unspecified atom stereocenters. The first-order chi connectivity index (χ1) is 14.5. The summed E-state index contributed by atoms with van der Waals surface area (Å²) < 4.78 is 42.3. The maximum Gasteiger partial charge on any atom is 0.231 e. The van der Waals surface area contributed by atoms with E-state index >= 15 is 0 Å². The molecular formula is C20H18ClFN4O3S. The molecule has 3 N–H and O–H groups in total. The number of hydrogen-bond donors (Lipinski definition) is 3. The number of aromatic amines is 1. The molecule has 0 radical (unpaired) electrons. The molecule has 2 aromatic carbocycles. The number of halogens is 2. The van der Waals surface area contributed by atoms with Gasteiger partial charge in [0.05, 0.1) is 18.3 Å². The van der Waals surface area contributed by atoms with Crippen molar-refractivity contribution in [3.63, 3.8) is 0 Å². The molecule has 7 nitrogen and oxygen atoms in total. The first kappa shape index (κ1) is 20.7. The number of rotatable bonds is 7. The van der Waals surface area contributed by atoms with E-state index in [1.54, 1.807) is 24.5 Å². The van der Waals surface area contributed by atoms with Crippen LogP contribution in [0.4, 0.5) is 4.39 Å². The Labute approximate surface area is 179 Å². The molecule has 1 atom stereocenters. The van der Waals surface area contributed by atoms with Crippen LogP contribution in [-0.4, -0.2) is 37.6 Å². The predicted octanol–water partition coefficient (Wildman–Crippen LogP) is 4.24. The van der Waals surface area contributed by atoms with E-state index in [4.69, 9.17) is 20.9 Å². The molecule has 0 fully saturated rings. The SMILES string of the molecule is COc1cc2c(cnc3[nH]ncc32)cc1-c1c(F)ccc(CCCNS(=O)O)c1Cl. The highest BCUT2D eigenvalue weighted by Gasteiger charge is 2.19. The molecule has 2 aromatic heterocycles. The topological polar surface area (TPSA) is 100 Å². The first-order valence-corrected chi connectivity index (χ1v) is 10.6. The molecule has 0 aliphatic heterocycles. The van der Waals surface area contributed by atoms with E-state index in [2.05, 4.69) is 19.9 Å². The number of benzene rings is 2. The van der Waals surface area contributed by atoms with Crippen molar-refractivity contribution in [2.75, 3.05) is 13.7 Å². The highest BCUT2D eigenvalue weighted by molar-refractivity contribution is 7.77. The van der Waals surface area contributed by atoms with E-state index < -0.39 is 17.1 Å². The van der Waals surface area contributed by atoms with Gasteiger partial charge in [0.15, 0.2) is 5.65 Å². The minimum absolute atomic E-state index is 0.249. The van der Waals surface area contributed by atoms with Gasteiger partial charge in [-0.15, -0.1) is 0 Å². The largest absolute Gasteiger partial charge is 0.496 e. The number of aromatic nitrogens is 3. The van der Waals surface area contributed by atoms with Crippen molar-refractivity contribution in [3.8, 4) is 16.9 Å². The Kier molecular flexibility index (Phi) is 5.96. The third kappa shape index (κ3) is 3.89. The summed E-state index contributed by atoms with van der Waals surface area (Å²) in [7, 11) is 1.52. The lowest BCUT2D eigenvalue weighted by atomic mass is 9.96. The summed E-state index contributed by atoms with van der Waals surface area (Å²) in [5, 5.41) is 9.66. The minimum Gasteiger partial charge on any atom is -0.496 e. The van der Waals surface area contributed by atoms with Crippen LogP contribution in [0.15, 0.2) is 36.7 Å². The number of aryl methyl sites for hydroxylation is 1. The monoisotopic (exact) mass is 448 g/mol. The van der Waals surface area contributed by atoms with Gasteiger partial charge in [-0.3, -0.25) is 9.65 Å². The van der Waals surface area contributed by atoms with E-state index in [-0.39, 0.29) is 10.6 Å². The first-order valence-electron chi connectivity index (χ1n) is 9.11. The van der Waals surface area contributed by atoms with Crippen LogP contribution >= 0.6 is 11.6 Å². The zero-order valence-corrected chi connectivity index (χ0v) is 17.5. The number of hydrogen-bond acceptors (Lipinski definition) is 4. The summed E-state index contributed by atoms with van der Waals surface area (Å²) >= 11 is 4.53. The second-order valence-electron chi connectivity index (χ2n) is 6.67. The van der Waals surface area contributed by atoms with Crippen LogP contribution in [0.1, 0.15) is 12.0 Å². The molecule has 156 valence electrons. The molecule has 2 heterocycles. The van der Waals surface area contributed by atoms with Gasteiger partial charge >= 0.3 is 0 Å². The van der Waals surface area contributed by atoms with Gasteiger partial charge in [0.1, 0.15) is 11.6 Å². The Hall–Kier alpha value is -2.59. The van der Waals surface area contributed by atoms with Crippen LogP contribution in [0.3, 0.4) is 0 Å². The van der Waals surface area contributed by atoms with Crippen molar-refractivity contribution in [2.24, 2.45) is 0 Å². The molecule has 0 aliphatic carbocycles. The van der Waals surface area contributed by atoms with Gasteiger partial charge in [-0.05, 0) is 42.0 Å². The number of nitrogens with zero attached hydrogens (tertiary/aromatic N) is 2. The second kappa shape index (κ2) is 8.65. The number of ether oxygens (including phenoxy) is 1. The number of H-pyrrole nitrogens is 1. The molecule has 4 rings (SSSR count). The van der Waals surface area contributed by atoms with Gasteiger partial charge in [0.2, 0.25) is 11.3 Å². The van der Waals surface area contributed by atoms with E-state index in [9.17, 15) is 8.60 Å². The van der Waals surface area contributed by atoms with E-state index in [0.717, 1.165) is 21.7 Å². The summed E-state index contributed by atoms with van der Waals surface area (Å²) in [5.41, 5.74) is 2.16. The zero-order valence-electron chi connectivity index (χ0n) is 15.9. The van der Waals surface area contributed by atoms with Crippen molar-refractivity contribution in [2.45, 2.75) is 12.8 Å². The standard InChI is InChI=1S/C20H18ClFN4O3S/c1-29-17-8-13-12(9-23-20-15(13)10-24-26-20)7-14(17)18-16(22)5-4-11(19(18)21)3-2-6-25-30(27)28/h4-5,7-10,25H,2-3,6H2,1H3,(H,27,28)(H,23,24,26). The second-order valence-corrected chi connectivity index (χ2v) is 7.84. The van der Waals surface area contributed by atoms with Gasteiger partial charge in [-0.1, -0.05) is 17.7 Å². The summed E-state index contributed by atoms with van der Waals surface area (Å²) in [4.78, 5) is 4.35. The van der Waals surface area contributed by atoms with Crippen molar-refractivity contribution in [3.05, 3.63) is 53.1 Å². The molecule has 0 amide bonds. The van der Waals surface area contributed by atoms with Crippen molar-refractivity contribution < 1.29 is 17.9 Å². The molecule has 4 aromatic rings. The summed E-state index contributed by atoms with van der Waals surface area (Å²) in [6.45, 7) is 0.331. The van der Waals surface area contributed by atoms with Crippen LogP contribution in [0, 0.1) is 5.82 Å².